The van der Waals surface area contributed by atoms with Crippen LogP contribution in [-0.2, 0) is 4.79 Å². The van der Waals surface area contributed by atoms with Crippen molar-refractivity contribution in [1.82, 2.24) is 0 Å². The molecule has 0 bridgehead atoms. The number of anilines is 1. The fourth-order valence-corrected chi connectivity index (χ4v) is 2.05. The Morgan fingerprint density at radius 2 is 1.90 bits per heavy atom. The fraction of sp³-hybridized carbons (Fsp3) is 0.235. The van der Waals surface area contributed by atoms with E-state index in [0.29, 0.717) is 5.56 Å². The van der Waals surface area contributed by atoms with E-state index in [0.717, 1.165) is 11.3 Å². The van der Waals surface area contributed by atoms with Gasteiger partial charge in [-0.25, -0.2) is 4.39 Å². The number of aryl methyl sites for hydroxylation is 1. The maximum absolute atomic E-state index is 13.1. The molecule has 1 atom stereocenters. The second-order valence-electron chi connectivity index (χ2n) is 5.06. The Labute approximate surface area is 123 Å². The van der Waals surface area contributed by atoms with Crippen LogP contribution in [0, 0.1) is 12.7 Å². The van der Waals surface area contributed by atoms with Gasteiger partial charge in [-0.1, -0.05) is 29.8 Å². The second kappa shape index (κ2) is 6.50. The molecular weight excluding hydrogens is 269 g/mol. The molecule has 3 nitrogen and oxygen atoms in total. The lowest BCUT2D eigenvalue weighted by Crippen LogP contribution is -2.27. The van der Waals surface area contributed by atoms with E-state index >= 15 is 0 Å². The van der Waals surface area contributed by atoms with Crippen molar-refractivity contribution in [2.75, 3.05) is 11.9 Å². The van der Waals surface area contributed by atoms with Crippen molar-refractivity contribution in [3.63, 3.8) is 0 Å². The predicted molar refractivity (Wildman–Crippen MR) is 80.6 cm³/mol. The van der Waals surface area contributed by atoms with Crippen molar-refractivity contribution in [3.05, 3.63) is 65.5 Å². The van der Waals surface area contributed by atoms with Gasteiger partial charge in [-0.15, -0.1) is 0 Å². The molecule has 0 radical (unpaired) electrons. The first kappa shape index (κ1) is 15.2. The van der Waals surface area contributed by atoms with Crippen LogP contribution in [0.1, 0.15) is 23.7 Å². The van der Waals surface area contributed by atoms with E-state index < -0.39 is 11.9 Å². The van der Waals surface area contributed by atoms with Crippen molar-refractivity contribution in [1.29, 1.82) is 0 Å². The van der Waals surface area contributed by atoms with Gasteiger partial charge in [-0.05, 0) is 36.8 Å². The standard InChI is InChI=1S/C17H18FNO2/c1-12-6-8-15(9-7-12)19(2)17(21)11-16(20)13-4-3-5-14(18)10-13/h3-10,16,20H,11H2,1-2H3. The first-order valence-corrected chi connectivity index (χ1v) is 6.74. The summed E-state index contributed by atoms with van der Waals surface area (Å²) < 4.78 is 13.1. The van der Waals surface area contributed by atoms with E-state index in [-0.39, 0.29) is 12.3 Å². The molecule has 0 spiro atoms. The molecule has 21 heavy (non-hydrogen) atoms. The molecule has 4 heteroatoms. The predicted octanol–water partition coefficient (Wildman–Crippen LogP) is 3.22. The number of carbonyl (C=O) groups is 1. The largest absolute Gasteiger partial charge is 0.388 e. The molecule has 0 aliphatic carbocycles. The molecule has 2 aromatic carbocycles. The van der Waals surface area contributed by atoms with E-state index in [2.05, 4.69) is 0 Å². The highest BCUT2D eigenvalue weighted by Gasteiger charge is 2.17. The van der Waals surface area contributed by atoms with E-state index in [1.807, 2.05) is 31.2 Å². The molecule has 110 valence electrons. The van der Waals surface area contributed by atoms with E-state index in [4.69, 9.17) is 0 Å². The van der Waals surface area contributed by atoms with Gasteiger partial charge >= 0.3 is 0 Å². The van der Waals surface area contributed by atoms with E-state index in [1.54, 1.807) is 13.1 Å². The number of aliphatic hydroxyl groups is 1. The lowest BCUT2D eigenvalue weighted by molar-refractivity contribution is -0.120. The van der Waals surface area contributed by atoms with Gasteiger partial charge in [-0.2, -0.15) is 0 Å². The molecule has 0 fully saturated rings. The molecule has 1 amide bonds. The Morgan fingerprint density at radius 3 is 2.52 bits per heavy atom. The number of rotatable bonds is 4. The summed E-state index contributed by atoms with van der Waals surface area (Å²) >= 11 is 0. The van der Waals surface area contributed by atoms with Gasteiger partial charge < -0.3 is 10.0 Å². The summed E-state index contributed by atoms with van der Waals surface area (Å²) in [6.07, 6.45) is -1.10. The van der Waals surface area contributed by atoms with Gasteiger partial charge in [0.15, 0.2) is 0 Å². The van der Waals surface area contributed by atoms with Crippen molar-refractivity contribution < 1.29 is 14.3 Å². The lowest BCUT2D eigenvalue weighted by atomic mass is 10.1. The molecule has 1 N–H and O–H groups in total. The molecule has 2 rings (SSSR count). The Hall–Kier alpha value is -2.20. The number of nitrogens with zero attached hydrogens (tertiary/aromatic N) is 1. The van der Waals surface area contributed by atoms with E-state index in [1.165, 1.54) is 23.1 Å². The highest BCUT2D eigenvalue weighted by atomic mass is 19.1. The van der Waals surface area contributed by atoms with Crippen LogP contribution in [-0.4, -0.2) is 18.1 Å². The molecule has 0 aliphatic rings. The zero-order valence-electron chi connectivity index (χ0n) is 12.1. The third-order valence-corrected chi connectivity index (χ3v) is 3.40. The Bertz CT molecular complexity index is 625. The van der Waals surface area contributed by atoms with Gasteiger partial charge in [0.05, 0.1) is 12.5 Å². The lowest BCUT2D eigenvalue weighted by Gasteiger charge is -2.19. The van der Waals surface area contributed by atoms with Gasteiger partial charge in [0.25, 0.3) is 0 Å². The van der Waals surface area contributed by atoms with Crippen LogP contribution in [0.15, 0.2) is 48.5 Å². The Morgan fingerprint density at radius 1 is 1.24 bits per heavy atom. The number of benzene rings is 2. The minimum atomic E-state index is -1.01. The normalized spacial score (nSPS) is 12.0. The molecule has 0 aromatic heterocycles. The summed E-state index contributed by atoms with van der Waals surface area (Å²) in [5.74, 6) is -0.651. The van der Waals surface area contributed by atoms with Crippen LogP contribution in [0.2, 0.25) is 0 Å². The van der Waals surface area contributed by atoms with Crippen molar-refractivity contribution in [2.45, 2.75) is 19.4 Å². The highest BCUT2D eigenvalue weighted by molar-refractivity contribution is 5.93. The summed E-state index contributed by atoms with van der Waals surface area (Å²) in [6, 6.07) is 13.2. The van der Waals surface area contributed by atoms with Crippen molar-refractivity contribution in [3.8, 4) is 0 Å². The van der Waals surface area contributed by atoms with Gasteiger partial charge in [-0.3, -0.25) is 4.79 Å². The molecule has 1 unspecified atom stereocenters. The zero-order chi connectivity index (χ0) is 15.4. The zero-order valence-corrected chi connectivity index (χ0v) is 12.1. The molecular formula is C17H18FNO2. The first-order valence-electron chi connectivity index (χ1n) is 6.74. The number of aliphatic hydroxyl groups excluding tert-OH is 1. The van der Waals surface area contributed by atoms with Gasteiger partial charge in [0, 0.05) is 12.7 Å². The monoisotopic (exact) mass is 287 g/mol. The third kappa shape index (κ3) is 3.89. The summed E-state index contributed by atoms with van der Waals surface area (Å²) in [4.78, 5) is 13.7. The molecule has 0 aliphatic heterocycles. The van der Waals surface area contributed by atoms with Crippen LogP contribution < -0.4 is 4.90 Å². The average molecular weight is 287 g/mol. The van der Waals surface area contributed by atoms with Gasteiger partial charge in [0.2, 0.25) is 5.91 Å². The van der Waals surface area contributed by atoms with Crippen LogP contribution in [0.4, 0.5) is 10.1 Å². The summed E-state index contributed by atoms with van der Waals surface area (Å²) in [6.45, 7) is 1.97. The molecule has 0 saturated heterocycles. The second-order valence-corrected chi connectivity index (χ2v) is 5.06. The van der Waals surface area contributed by atoms with Crippen molar-refractivity contribution in [2.24, 2.45) is 0 Å². The SMILES string of the molecule is Cc1ccc(N(C)C(=O)CC(O)c2cccc(F)c2)cc1. The number of carbonyl (C=O) groups excluding carboxylic acids is 1. The highest BCUT2D eigenvalue weighted by Crippen LogP contribution is 2.21. The summed E-state index contributed by atoms with van der Waals surface area (Å²) in [7, 11) is 1.66. The minimum Gasteiger partial charge on any atom is -0.388 e. The smallest absolute Gasteiger partial charge is 0.229 e. The topological polar surface area (TPSA) is 40.5 Å². The average Bonchev–Trinajstić information content (AvgIpc) is 2.47. The van der Waals surface area contributed by atoms with Crippen LogP contribution in [0.5, 0.6) is 0 Å². The first-order chi connectivity index (χ1) is 9.97. The quantitative estimate of drug-likeness (QED) is 0.938. The van der Waals surface area contributed by atoms with E-state index in [9.17, 15) is 14.3 Å². The van der Waals surface area contributed by atoms with Crippen molar-refractivity contribution >= 4 is 11.6 Å². The molecule has 2 aromatic rings. The fourth-order valence-electron chi connectivity index (χ4n) is 2.05. The Kier molecular flexibility index (Phi) is 4.70. The maximum atomic E-state index is 13.1. The minimum absolute atomic E-state index is 0.0895. The maximum Gasteiger partial charge on any atom is 0.229 e. The number of amides is 1. The summed E-state index contributed by atoms with van der Waals surface area (Å²) in [5, 5.41) is 10.0. The summed E-state index contributed by atoms with van der Waals surface area (Å²) in [5.41, 5.74) is 2.28. The van der Waals surface area contributed by atoms with Gasteiger partial charge in [0.1, 0.15) is 5.82 Å². The third-order valence-electron chi connectivity index (χ3n) is 3.40. The number of hydrogen-bond acceptors (Lipinski definition) is 2. The molecule has 0 saturated carbocycles. The van der Waals surface area contributed by atoms with Crippen LogP contribution in [0.25, 0.3) is 0 Å². The Balaban J connectivity index is 2.05. The number of halogens is 1. The van der Waals surface area contributed by atoms with Crippen LogP contribution >= 0.6 is 0 Å². The number of hydrogen-bond donors (Lipinski definition) is 1. The van der Waals surface area contributed by atoms with Crippen LogP contribution in [0.3, 0.4) is 0 Å². The molecule has 0 heterocycles.